The highest BCUT2D eigenvalue weighted by Gasteiger charge is 2.00. The standard InChI is InChI=1S/C50H102O20/c1-51-15-17-55-23-25-59-31-33-63-39-41-67-47-49-69-45-43-65-37-35-61-29-27-57-21-19-53-13-11-9-7-5-3-4-6-8-10-12-14-54-20-22-58-28-30-62-36-38-66-44-46-70-50-48-68-42-40-64-34-32-60-26-24-56-18-16-52-2/h3-50H2,1-2H3. The molecule has 0 saturated carbocycles. The third-order valence-corrected chi connectivity index (χ3v) is 9.64. The van der Waals surface area contributed by atoms with Gasteiger partial charge in [0.05, 0.1) is 238 Å². The highest BCUT2D eigenvalue weighted by Crippen LogP contribution is 2.11. The molecule has 0 fully saturated rings. The fraction of sp³-hybridized carbons (Fsp3) is 1.00. The summed E-state index contributed by atoms with van der Waals surface area (Å²) < 4.78 is 109. The second-order valence-corrected chi connectivity index (χ2v) is 15.5. The maximum atomic E-state index is 5.71. The van der Waals surface area contributed by atoms with Crippen LogP contribution >= 0.6 is 0 Å². The lowest BCUT2D eigenvalue weighted by Gasteiger charge is -2.09. The minimum absolute atomic E-state index is 0.521. The summed E-state index contributed by atoms with van der Waals surface area (Å²) in [5, 5.41) is 0. The molecule has 0 saturated heterocycles. The molecule has 0 rings (SSSR count). The average Bonchev–Trinajstić information content (AvgIpc) is 3.37. The molecule has 70 heavy (non-hydrogen) atoms. The van der Waals surface area contributed by atoms with Crippen LogP contribution < -0.4 is 0 Å². The lowest BCUT2D eigenvalue weighted by Crippen LogP contribution is -2.15. The minimum Gasteiger partial charge on any atom is -0.382 e. The number of hydrogen-bond donors (Lipinski definition) is 0. The van der Waals surface area contributed by atoms with Gasteiger partial charge in [0.1, 0.15) is 0 Å². The van der Waals surface area contributed by atoms with Gasteiger partial charge >= 0.3 is 0 Å². The van der Waals surface area contributed by atoms with Crippen LogP contribution in [0.25, 0.3) is 0 Å². The summed E-state index contributed by atoms with van der Waals surface area (Å²) in [5.74, 6) is 0. The van der Waals surface area contributed by atoms with Crippen LogP contribution in [0.2, 0.25) is 0 Å². The zero-order valence-electron chi connectivity index (χ0n) is 44.1. The van der Waals surface area contributed by atoms with Crippen LogP contribution in [-0.4, -0.2) is 265 Å². The van der Waals surface area contributed by atoms with Crippen LogP contribution in [-0.2, 0) is 94.7 Å². The van der Waals surface area contributed by atoms with E-state index in [2.05, 4.69) is 0 Å². The third kappa shape index (κ3) is 67.2. The molecule has 0 bridgehead atoms. The molecule has 20 heteroatoms. The van der Waals surface area contributed by atoms with E-state index >= 15 is 0 Å². The predicted molar refractivity (Wildman–Crippen MR) is 265 cm³/mol. The quantitative estimate of drug-likeness (QED) is 0.0777. The number of hydrogen-bond acceptors (Lipinski definition) is 20. The summed E-state index contributed by atoms with van der Waals surface area (Å²) in [6.07, 6.45) is 12.5. The molecule has 0 atom stereocenters. The van der Waals surface area contributed by atoms with Crippen molar-refractivity contribution in [3.05, 3.63) is 0 Å². The molecule has 20 nitrogen and oxygen atoms in total. The van der Waals surface area contributed by atoms with Crippen LogP contribution in [0, 0.1) is 0 Å². The minimum atomic E-state index is 0.521. The smallest absolute Gasteiger partial charge is 0.0701 e. The Labute approximate surface area is 423 Å². The fourth-order valence-electron chi connectivity index (χ4n) is 5.83. The van der Waals surface area contributed by atoms with Crippen molar-refractivity contribution in [3.63, 3.8) is 0 Å². The van der Waals surface area contributed by atoms with Crippen LogP contribution in [0.4, 0.5) is 0 Å². The lowest BCUT2D eigenvalue weighted by atomic mass is 10.1. The summed E-state index contributed by atoms with van der Waals surface area (Å²) in [6, 6.07) is 0. The first-order valence-electron chi connectivity index (χ1n) is 26.3. The predicted octanol–water partition coefficient (Wildman–Crippen LogP) is 4.48. The summed E-state index contributed by atoms with van der Waals surface area (Å²) in [7, 11) is 3.30. The zero-order chi connectivity index (χ0) is 50.1. The van der Waals surface area contributed by atoms with Crippen molar-refractivity contribution >= 4 is 0 Å². The second-order valence-electron chi connectivity index (χ2n) is 15.5. The van der Waals surface area contributed by atoms with Crippen molar-refractivity contribution in [2.45, 2.75) is 64.2 Å². The molecule has 0 aromatic rings. The van der Waals surface area contributed by atoms with Gasteiger partial charge in [-0.15, -0.1) is 0 Å². The Morgan fingerprint density at radius 3 is 0.343 bits per heavy atom. The Morgan fingerprint density at radius 1 is 0.114 bits per heavy atom. The SMILES string of the molecule is COCCOCCOCCOCCOCCOCCOCCOCCOCCOCCCCCCCCCCCCOCCOCCOCCOCCOCCOCCOCCOCCOCCOC. The third-order valence-electron chi connectivity index (χ3n) is 9.64. The molecule has 0 amide bonds. The molecule has 0 unspecified atom stereocenters. The normalized spacial score (nSPS) is 11.7. The first-order valence-corrected chi connectivity index (χ1v) is 26.3. The number of ether oxygens (including phenoxy) is 20. The van der Waals surface area contributed by atoms with E-state index in [4.69, 9.17) is 94.7 Å². The molecule has 0 aromatic heterocycles. The van der Waals surface area contributed by atoms with E-state index in [1.165, 1.54) is 51.4 Å². The van der Waals surface area contributed by atoms with Crippen LogP contribution in [0.3, 0.4) is 0 Å². The highest BCUT2D eigenvalue weighted by atomic mass is 16.6. The van der Waals surface area contributed by atoms with Gasteiger partial charge in [-0.3, -0.25) is 0 Å². The molecule has 0 aliphatic heterocycles. The van der Waals surface area contributed by atoms with E-state index in [0.717, 1.165) is 26.1 Å². The Hall–Kier alpha value is -0.800. The van der Waals surface area contributed by atoms with Gasteiger partial charge in [-0.05, 0) is 12.8 Å². The molecular formula is C50H102O20. The van der Waals surface area contributed by atoms with Crippen molar-refractivity contribution in [1.29, 1.82) is 0 Å². The maximum absolute atomic E-state index is 5.71. The van der Waals surface area contributed by atoms with E-state index in [1.807, 2.05) is 0 Å². The van der Waals surface area contributed by atoms with Gasteiger partial charge in [-0.2, -0.15) is 0 Å². The van der Waals surface area contributed by atoms with E-state index < -0.39 is 0 Å². The first kappa shape index (κ1) is 69.2. The summed E-state index contributed by atoms with van der Waals surface area (Å²) in [4.78, 5) is 0. The van der Waals surface area contributed by atoms with Gasteiger partial charge < -0.3 is 94.7 Å². The Morgan fingerprint density at radius 2 is 0.214 bits per heavy atom. The first-order chi connectivity index (χ1) is 34.9. The van der Waals surface area contributed by atoms with E-state index in [-0.39, 0.29) is 0 Å². The summed E-state index contributed by atoms with van der Waals surface area (Å²) in [6.45, 7) is 21.3. The molecule has 0 spiro atoms. The lowest BCUT2D eigenvalue weighted by molar-refractivity contribution is -0.0259. The molecule has 0 aromatic carbocycles. The molecule has 0 radical (unpaired) electrons. The van der Waals surface area contributed by atoms with E-state index in [1.54, 1.807) is 14.2 Å². The number of rotatable bonds is 67. The topological polar surface area (TPSA) is 185 Å². The summed E-state index contributed by atoms with van der Waals surface area (Å²) >= 11 is 0. The van der Waals surface area contributed by atoms with Crippen molar-refractivity contribution in [2.75, 3.05) is 265 Å². The van der Waals surface area contributed by atoms with Crippen LogP contribution in [0.5, 0.6) is 0 Å². The van der Waals surface area contributed by atoms with Gasteiger partial charge in [-0.1, -0.05) is 51.4 Å². The molecular weight excluding hydrogens is 921 g/mol. The van der Waals surface area contributed by atoms with Crippen molar-refractivity contribution in [1.82, 2.24) is 0 Å². The largest absolute Gasteiger partial charge is 0.382 e. The van der Waals surface area contributed by atoms with Crippen molar-refractivity contribution in [3.8, 4) is 0 Å². The number of unbranched alkanes of at least 4 members (excludes halogenated alkanes) is 9. The Balaban J connectivity index is 3.07. The fourth-order valence-corrected chi connectivity index (χ4v) is 5.83. The van der Waals surface area contributed by atoms with Crippen LogP contribution in [0.1, 0.15) is 64.2 Å². The maximum Gasteiger partial charge on any atom is 0.0701 e. The molecule has 422 valence electrons. The van der Waals surface area contributed by atoms with E-state index in [0.29, 0.717) is 238 Å². The monoisotopic (exact) mass is 1020 g/mol. The number of methoxy groups -OCH3 is 2. The van der Waals surface area contributed by atoms with E-state index in [9.17, 15) is 0 Å². The highest BCUT2D eigenvalue weighted by molar-refractivity contribution is 4.49. The van der Waals surface area contributed by atoms with Gasteiger partial charge in [0.2, 0.25) is 0 Å². The molecule has 0 heterocycles. The Kier molecular flexibility index (Phi) is 67.4. The van der Waals surface area contributed by atoms with Crippen LogP contribution in [0.15, 0.2) is 0 Å². The summed E-state index contributed by atoms with van der Waals surface area (Å²) in [5.41, 5.74) is 0. The Bertz CT molecular complexity index is 820. The average molecular weight is 1020 g/mol. The van der Waals surface area contributed by atoms with Crippen molar-refractivity contribution < 1.29 is 94.7 Å². The molecule has 0 N–H and O–H groups in total. The van der Waals surface area contributed by atoms with Gasteiger partial charge in [0.25, 0.3) is 0 Å². The second kappa shape index (κ2) is 68.2. The molecule has 0 aliphatic carbocycles. The van der Waals surface area contributed by atoms with Gasteiger partial charge in [0, 0.05) is 27.4 Å². The van der Waals surface area contributed by atoms with Gasteiger partial charge in [-0.25, -0.2) is 0 Å². The van der Waals surface area contributed by atoms with Gasteiger partial charge in [0.15, 0.2) is 0 Å². The molecule has 0 aliphatic rings. The van der Waals surface area contributed by atoms with Crippen molar-refractivity contribution in [2.24, 2.45) is 0 Å². The zero-order valence-corrected chi connectivity index (χ0v) is 44.1.